The van der Waals surface area contributed by atoms with E-state index in [1.807, 2.05) is 36.4 Å². The van der Waals surface area contributed by atoms with Crippen LogP contribution in [0.1, 0.15) is 88.8 Å². The largest absolute Gasteiger partial charge is 0.444 e. The Morgan fingerprint density at radius 3 is 1.24 bits per heavy atom. The minimum absolute atomic E-state index is 0.0237. The van der Waals surface area contributed by atoms with E-state index < -0.39 is 59.3 Å². The van der Waals surface area contributed by atoms with Gasteiger partial charge in [0.1, 0.15) is 28.9 Å². The van der Waals surface area contributed by atoms with E-state index in [2.05, 4.69) is 110 Å². The van der Waals surface area contributed by atoms with Crippen LogP contribution in [-0.4, -0.2) is 65.2 Å². The van der Waals surface area contributed by atoms with Gasteiger partial charge in [0.25, 0.3) is 0 Å². The summed E-state index contributed by atoms with van der Waals surface area (Å²) in [6, 6.07) is 38.1. The molecule has 0 bridgehead atoms. The molecule has 0 saturated carbocycles. The lowest BCUT2D eigenvalue weighted by Gasteiger charge is -2.27. The fraction of sp³-hybridized carbons (Fsp3) is 0.377. The molecule has 0 aliphatic heterocycles. The molecule has 0 radical (unpaired) electrons. The summed E-state index contributed by atoms with van der Waals surface area (Å²) in [6.45, 7) is 16.6. The molecule has 13 heteroatoms. The van der Waals surface area contributed by atoms with Gasteiger partial charge in [-0.15, -0.1) is 0 Å². The molecule has 6 aromatic carbocycles. The summed E-state index contributed by atoms with van der Waals surface area (Å²) in [5, 5.41) is 33.9. The first-order chi connectivity index (χ1) is 35.1. The van der Waals surface area contributed by atoms with Crippen molar-refractivity contribution in [1.82, 2.24) is 21.3 Å². The molecule has 9 nitrogen and oxygen atoms in total. The van der Waals surface area contributed by atoms with Crippen molar-refractivity contribution >= 4 is 12.0 Å². The van der Waals surface area contributed by atoms with Crippen LogP contribution in [0, 0.1) is 35.1 Å². The number of rotatable bonds is 22. The van der Waals surface area contributed by atoms with Crippen LogP contribution < -0.4 is 21.3 Å². The van der Waals surface area contributed by atoms with E-state index in [1.165, 1.54) is 42.3 Å². The van der Waals surface area contributed by atoms with Crippen molar-refractivity contribution in [2.75, 3.05) is 13.1 Å². The van der Waals surface area contributed by atoms with E-state index in [1.54, 1.807) is 20.8 Å². The molecule has 0 spiro atoms. The Balaban J connectivity index is 0.000000276. The van der Waals surface area contributed by atoms with Gasteiger partial charge in [-0.2, -0.15) is 0 Å². The number of benzene rings is 6. The van der Waals surface area contributed by atoms with Crippen molar-refractivity contribution in [3.05, 3.63) is 190 Å². The van der Waals surface area contributed by atoms with Crippen molar-refractivity contribution in [3.8, 4) is 22.3 Å². The lowest BCUT2D eigenvalue weighted by atomic mass is 9.94. The van der Waals surface area contributed by atoms with Crippen LogP contribution >= 0.6 is 0 Å². The van der Waals surface area contributed by atoms with Crippen LogP contribution in [0.4, 0.5) is 22.4 Å². The van der Waals surface area contributed by atoms with E-state index in [9.17, 15) is 37.4 Å². The Kier molecular flexibility index (Phi) is 22.4. The van der Waals surface area contributed by atoms with Gasteiger partial charge in [-0.25, -0.2) is 22.4 Å². The highest BCUT2D eigenvalue weighted by Gasteiger charge is 2.26. The zero-order valence-electron chi connectivity index (χ0n) is 44.0. The van der Waals surface area contributed by atoms with Crippen molar-refractivity contribution in [2.45, 2.75) is 124 Å². The van der Waals surface area contributed by atoms with Gasteiger partial charge in [-0.05, 0) is 138 Å². The first-order valence-corrected chi connectivity index (χ1v) is 25.4. The number of hydrogen-bond acceptors (Lipinski definition) is 7. The first-order valence-electron chi connectivity index (χ1n) is 25.4. The molecule has 2 amide bonds. The number of aliphatic hydroxyl groups excluding tert-OH is 2. The zero-order valence-corrected chi connectivity index (χ0v) is 44.0. The van der Waals surface area contributed by atoms with E-state index in [4.69, 9.17) is 4.74 Å². The van der Waals surface area contributed by atoms with Gasteiger partial charge >= 0.3 is 6.09 Å². The van der Waals surface area contributed by atoms with Gasteiger partial charge in [0.2, 0.25) is 5.91 Å². The lowest BCUT2D eigenvalue weighted by Crippen LogP contribution is -2.50. The normalized spacial score (nSPS) is 13.1. The van der Waals surface area contributed by atoms with E-state index in [0.29, 0.717) is 36.1 Å². The van der Waals surface area contributed by atoms with Gasteiger partial charge in [-0.1, -0.05) is 125 Å². The summed E-state index contributed by atoms with van der Waals surface area (Å²) in [5.41, 5.74) is 9.08. The summed E-state index contributed by atoms with van der Waals surface area (Å²) in [4.78, 5) is 24.2. The third-order valence-electron chi connectivity index (χ3n) is 11.9. The van der Waals surface area contributed by atoms with Crippen molar-refractivity contribution in [1.29, 1.82) is 0 Å². The number of ether oxygens (including phenoxy) is 1. The van der Waals surface area contributed by atoms with Crippen LogP contribution in [0.15, 0.2) is 133 Å². The Hall–Kier alpha value is -6.38. The van der Waals surface area contributed by atoms with E-state index >= 15 is 0 Å². The molecule has 396 valence electrons. The predicted molar refractivity (Wildman–Crippen MR) is 287 cm³/mol. The van der Waals surface area contributed by atoms with E-state index in [0.717, 1.165) is 58.4 Å². The SMILES string of the molecule is CC(=O)N[C@@H](Cc1cc(F)cc(F)c1)[C@H](O)CNCc1cc(CC(C)C)ccc1-c1ccccc1.CC(C)Cc1ccc(-c2ccccc2)c(CNC[C@@H](O)[C@H](Cc2cc(F)cc(F)c2)NC(=O)OC(C)(C)C)c1. The number of carbonyl (C=O) groups is 2. The number of alkyl carbamates (subject to hydrolysis) is 1. The highest BCUT2D eigenvalue weighted by Crippen LogP contribution is 2.28. The second-order valence-electron chi connectivity index (χ2n) is 20.8. The minimum atomic E-state index is -1.05. The number of hydrogen-bond donors (Lipinski definition) is 6. The summed E-state index contributed by atoms with van der Waals surface area (Å²) < 4.78 is 60.2. The highest BCUT2D eigenvalue weighted by atomic mass is 19.1. The van der Waals surface area contributed by atoms with Gasteiger partial charge in [0.05, 0.1) is 24.3 Å². The summed E-state index contributed by atoms with van der Waals surface area (Å²) in [6.07, 6.45) is -0.661. The van der Waals surface area contributed by atoms with Crippen LogP contribution in [0.25, 0.3) is 22.3 Å². The third-order valence-corrected chi connectivity index (χ3v) is 11.9. The summed E-state index contributed by atoms with van der Waals surface area (Å²) >= 11 is 0. The Morgan fingerprint density at radius 2 is 0.892 bits per heavy atom. The van der Waals surface area contributed by atoms with Crippen molar-refractivity contribution in [2.24, 2.45) is 11.8 Å². The maximum Gasteiger partial charge on any atom is 0.407 e. The third kappa shape index (κ3) is 20.1. The summed E-state index contributed by atoms with van der Waals surface area (Å²) in [7, 11) is 0. The average molecular weight is 1020 g/mol. The van der Waals surface area contributed by atoms with Gasteiger partial charge in [0.15, 0.2) is 0 Å². The van der Waals surface area contributed by atoms with Crippen LogP contribution in [0.5, 0.6) is 0 Å². The number of amides is 2. The minimum Gasteiger partial charge on any atom is -0.444 e. The monoisotopic (exact) mass is 1020 g/mol. The molecule has 6 aromatic rings. The van der Waals surface area contributed by atoms with Crippen molar-refractivity contribution in [3.63, 3.8) is 0 Å². The zero-order chi connectivity index (χ0) is 54.0. The van der Waals surface area contributed by atoms with Gasteiger partial charge in [-0.3, -0.25) is 4.79 Å². The molecule has 0 saturated heterocycles. The van der Waals surface area contributed by atoms with Crippen LogP contribution in [-0.2, 0) is 48.3 Å². The first kappa shape index (κ1) is 58.5. The Morgan fingerprint density at radius 1 is 0.514 bits per heavy atom. The molecule has 0 fully saturated rings. The lowest BCUT2D eigenvalue weighted by molar-refractivity contribution is -0.120. The number of aliphatic hydroxyl groups is 2. The van der Waals surface area contributed by atoms with Crippen molar-refractivity contribution < 1.29 is 42.1 Å². The average Bonchev–Trinajstić information content (AvgIpc) is 3.30. The molecule has 0 unspecified atom stereocenters. The number of halogens is 4. The Labute approximate surface area is 435 Å². The Bertz CT molecular complexity index is 2670. The predicted octanol–water partition coefficient (Wildman–Crippen LogP) is 11.4. The second-order valence-corrected chi connectivity index (χ2v) is 20.8. The molecule has 0 aliphatic rings. The van der Waals surface area contributed by atoms with Gasteiger partial charge in [0, 0.05) is 45.2 Å². The maximum atomic E-state index is 13.8. The quantitative estimate of drug-likeness (QED) is 0.0373. The molecule has 6 N–H and O–H groups in total. The highest BCUT2D eigenvalue weighted by molar-refractivity contribution is 5.73. The molecule has 6 rings (SSSR count). The smallest absolute Gasteiger partial charge is 0.407 e. The van der Waals surface area contributed by atoms with E-state index in [-0.39, 0.29) is 31.8 Å². The number of nitrogens with one attached hydrogen (secondary N) is 4. The molecule has 0 heterocycles. The molecule has 0 aromatic heterocycles. The number of carbonyl (C=O) groups excluding carboxylic acids is 2. The summed E-state index contributed by atoms with van der Waals surface area (Å²) in [5.74, 6) is -2.09. The topological polar surface area (TPSA) is 132 Å². The molecular formula is C61H74F4N4O5. The maximum absolute atomic E-state index is 13.8. The fourth-order valence-corrected chi connectivity index (χ4v) is 8.83. The van der Waals surface area contributed by atoms with Crippen LogP contribution in [0.3, 0.4) is 0 Å². The fourth-order valence-electron chi connectivity index (χ4n) is 8.83. The van der Waals surface area contributed by atoms with Gasteiger partial charge < -0.3 is 36.2 Å². The van der Waals surface area contributed by atoms with Crippen LogP contribution in [0.2, 0.25) is 0 Å². The molecular weight excluding hydrogens is 945 g/mol. The second kappa shape index (κ2) is 28.3. The standard InChI is InChI=1S/C32H40F2N2O3.C29H34F2N2O2/c1-21(2)13-22-11-12-28(24-9-7-6-8-10-24)25(14-22)19-35-20-30(37)29(36-31(38)39-32(3,4)5)17-23-15-26(33)18-27(34)16-23;1-19(2)11-21-9-10-27(23-7-5-4-6-8-23)24(12-21)17-32-18-29(35)28(33-20(3)34)15-22-13-25(30)16-26(31)14-22/h6-12,14-16,18,21,29-30,35,37H,13,17,19-20H2,1-5H3,(H,36,38);4-10,12-14,16,19,28-29,32,35H,11,15,17-18H2,1-3H3,(H,33,34)/t29-,30+;28-,29+/m00/s1. The molecule has 4 atom stereocenters. The molecule has 74 heavy (non-hydrogen) atoms. The molecule has 0 aliphatic carbocycles.